The van der Waals surface area contributed by atoms with Gasteiger partial charge in [0, 0.05) is 0 Å². The summed E-state index contributed by atoms with van der Waals surface area (Å²) >= 11 is 0. The van der Waals surface area contributed by atoms with E-state index in [4.69, 9.17) is 5.26 Å². The Morgan fingerprint density at radius 3 is 2.39 bits per heavy atom. The number of nitriles is 1. The third kappa shape index (κ3) is 1.70. The normalized spacial score (nSPS) is 27.3. The monoisotopic (exact) mass is 271 g/mol. The summed E-state index contributed by atoms with van der Waals surface area (Å²) in [5.74, 6) is -2.19. The Hall–Kier alpha value is -1.48. The highest BCUT2D eigenvalue weighted by molar-refractivity contribution is 7.93. The van der Waals surface area contributed by atoms with Crippen LogP contribution in [0, 0.1) is 28.9 Å². The Bertz CT molecular complexity index is 628. The van der Waals surface area contributed by atoms with Gasteiger partial charge in [-0.2, -0.15) is 5.26 Å². The Morgan fingerprint density at radius 1 is 1.33 bits per heavy atom. The Balaban J connectivity index is 2.49. The lowest BCUT2D eigenvalue weighted by Crippen LogP contribution is -2.48. The first kappa shape index (κ1) is 13.0. The zero-order chi connectivity index (χ0) is 13.6. The number of hydrogen-bond acceptors (Lipinski definition) is 3. The van der Waals surface area contributed by atoms with Gasteiger partial charge in [0.15, 0.2) is 26.2 Å². The molecule has 1 aliphatic rings. The Labute approximate surface area is 104 Å². The second-order valence-corrected chi connectivity index (χ2v) is 6.96. The van der Waals surface area contributed by atoms with Crippen LogP contribution in [-0.2, 0) is 9.84 Å². The van der Waals surface area contributed by atoms with E-state index in [1.54, 1.807) is 0 Å². The van der Waals surface area contributed by atoms with Crippen molar-refractivity contribution < 1.29 is 17.2 Å². The van der Waals surface area contributed by atoms with Gasteiger partial charge in [0.25, 0.3) is 0 Å². The molecule has 0 bridgehead atoms. The van der Waals surface area contributed by atoms with Gasteiger partial charge in [0.2, 0.25) is 0 Å². The van der Waals surface area contributed by atoms with Crippen molar-refractivity contribution >= 4 is 9.84 Å². The molecule has 2 rings (SSSR count). The molecular formula is C12H11F2NO2S. The number of sulfone groups is 1. The van der Waals surface area contributed by atoms with Crippen molar-refractivity contribution in [1.29, 1.82) is 5.26 Å². The van der Waals surface area contributed by atoms with Gasteiger partial charge in [0.05, 0.1) is 11.0 Å². The maximum absolute atomic E-state index is 13.1. The minimum Gasteiger partial charge on any atom is -0.222 e. The number of halogens is 2. The van der Waals surface area contributed by atoms with E-state index in [-0.39, 0.29) is 23.7 Å². The summed E-state index contributed by atoms with van der Waals surface area (Å²) in [6, 6.07) is 4.20. The highest BCUT2D eigenvalue weighted by atomic mass is 32.2. The fourth-order valence-electron chi connectivity index (χ4n) is 2.31. The molecule has 1 fully saturated rings. The van der Waals surface area contributed by atoms with E-state index in [2.05, 4.69) is 0 Å². The lowest BCUT2D eigenvalue weighted by atomic mass is 9.76. The molecule has 0 aromatic heterocycles. The number of rotatable bonds is 2. The van der Waals surface area contributed by atoms with Crippen LogP contribution in [0.4, 0.5) is 8.78 Å². The quantitative estimate of drug-likeness (QED) is 0.776. The minimum atomic E-state index is -3.95. The summed E-state index contributed by atoms with van der Waals surface area (Å²) in [6.45, 7) is 1.84. The van der Waals surface area contributed by atoms with Crippen LogP contribution >= 0.6 is 0 Å². The standard InChI is InChI=1S/C12H11F2NO2S/c1-8-5-12(6-8,7-15)18(16,17)9-2-3-10(13)11(14)4-9/h2-4,8H,5-6H2,1H3. The van der Waals surface area contributed by atoms with Crippen LogP contribution in [0.25, 0.3) is 0 Å². The largest absolute Gasteiger partial charge is 0.222 e. The van der Waals surface area contributed by atoms with Crippen molar-refractivity contribution in [3.05, 3.63) is 29.8 Å². The van der Waals surface area contributed by atoms with Crippen LogP contribution in [0.15, 0.2) is 23.1 Å². The van der Waals surface area contributed by atoms with Crippen LogP contribution in [0.5, 0.6) is 0 Å². The molecule has 0 unspecified atom stereocenters. The van der Waals surface area contributed by atoms with Crippen LogP contribution in [0.1, 0.15) is 19.8 Å². The average molecular weight is 271 g/mol. The lowest BCUT2D eigenvalue weighted by molar-refractivity contribution is 0.287. The summed E-state index contributed by atoms with van der Waals surface area (Å²) in [5.41, 5.74) is 0. The van der Waals surface area contributed by atoms with Gasteiger partial charge in [-0.05, 0) is 37.0 Å². The summed E-state index contributed by atoms with van der Waals surface area (Å²) in [4.78, 5) is -0.338. The first-order valence-corrected chi connectivity index (χ1v) is 6.92. The van der Waals surface area contributed by atoms with Gasteiger partial charge in [0.1, 0.15) is 0 Å². The summed E-state index contributed by atoms with van der Waals surface area (Å²) in [6.07, 6.45) is 0.454. The zero-order valence-corrected chi connectivity index (χ0v) is 10.5. The van der Waals surface area contributed by atoms with E-state index >= 15 is 0 Å². The average Bonchev–Trinajstić information content (AvgIpc) is 2.27. The molecule has 0 amide bonds. The predicted molar refractivity (Wildman–Crippen MR) is 60.3 cm³/mol. The number of benzene rings is 1. The summed E-state index contributed by atoms with van der Waals surface area (Å²) in [7, 11) is -3.95. The molecule has 0 N–H and O–H groups in total. The molecule has 0 spiro atoms. The van der Waals surface area contributed by atoms with E-state index in [1.807, 2.05) is 13.0 Å². The predicted octanol–water partition coefficient (Wildman–Crippen LogP) is 2.43. The molecular weight excluding hydrogens is 260 g/mol. The first-order chi connectivity index (χ1) is 8.32. The van der Waals surface area contributed by atoms with Gasteiger partial charge in [-0.25, -0.2) is 17.2 Å². The molecule has 96 valence electrons. The second-order valence-electron chi connectivity index (χ2n) is 4.70. The molecule has 0 atom stereocenters. The molecule has 6 heteroatoms. The molecule has 0 heterocycles. The van der Waals surface area contributed by atoms with E-state index < -0.39 is 26.2 Å². The van der Waals surface area contributed by atoms with Crippen molar-refractivity contribution in [2.45, 2.75) is 29.4 Å². The van der Waals surface area contributed by atoms with E-state index in [1.165, 1.54) is 0 Å². The summed E-state index contributed by atoms with van der Waals surface area (Å²) in [5, 5.41) is 9.08. The maximum atomic E-state index is 13.1. The molecule has 0 radical (unpaired) electrons. The van der Waals surface area contributed by atoms with E-state index in [0.29, 0.717) is 6.07 Å². The van der Waals surface area contributed by atoms with Gasteiger partial charge < -0.3 is 0 Å². The van der Waals surface area contributed by atoms with Crippen molar-refractivity contribution in [3.8, 4) is 6.07 Å². The number of hydrogen-bond donors (Lipinski definition) is 0. The van der Waals surface area contributed by atoms with Crippen LogP contribution < -0.4 is 0 Å². The van der Waals surface area contributed by atoms with Gasteiger partial charge in [-0.1, -0.05) is 6.92 Å². The molecule has 1 aromatic carbocycles. The molecule has 1 aliphatic carbocycles. The fraction of sp³-hybridized carbons (Fsp3) is 0.417. The molecule has 0 saturated heterocycles. The second kappa shape index (κ2) is 4.02. The molecule has 18 heavy (non-hydrogen) atoms. The molecule has 3 nitrogen and oxygen atoms in total. The third-order valence-corrected chi connectivity index (χ3v) is 5.60. The number of nitrogens with zero attached hydrogens (tertiary/aromatic N) is 1. The van der Waals surface area contributed by atoms with Crippen molar-refractivity contribution in [1.82, 2.24) is 0 Å². The first-order valence-electron chi connectivity index (χ1n) is 5.43. The topological polar surface area (TPSA) is 57.9 Å². The van der Waals surface area contributed by atoms with Crippen molar-refractivity contribution in [2.75, 3.05) is 0 Å². The van der Waals surface area contributed by atoms with Crippen molar-refractivity contribution in [3.63, 3.8) is 0 Å². The Morgan fingerprint density at radius 2 is 1.94 bits per heavy atom. The van der Waals surface area contributed by atoms with Crippen LogP contribution in [-0.4, -0.2) is 13.2 Å². The maximum Gasteiger partial charge on any atom is 0.197 e. The van der Waals surface area contributed by atoms with Gasteiger partial charge >= 0.3 is 0 Å². The third-order valence-electron chi connectivity index (χ3n) is 3.28. The fourth-order valence-corrected chi connectivity index (χ4v) is 4.39. The van der Waals surface area contributed by atoms with Gasteiger partial charge in [-0.15, -0.1) is 0 Å². The molecule has 0 aliphatic heterocycles. The smallest absolute Gasteiger partial charge is 0.197 e. The zero-order valence-electron chi connectivity index (χ0n) is 9.65. The highest BCUT2D eigenvalue weighted by Crippen LogP contribution is 2.46. The van der Waals surface area contributed by atoms with Crippen LogP contribution in [0.3, 0.4) is 0 Å². The van der Waals surface area contributed by atoms with E-state index in [0.717, 1.165) is 12.1 Å². The summed E-state index contributed by atoms with van der Waals surface area (Å²) < 4.78 is 48.9. The highest BCUT2D eigenvalue weighted by Gasteiger charge is 2.53. The lowest BCUT2D eigenvalue weighted by Gasteiger charge is -2.39. The van der Waals surface area contributed by atoms with Crippen LogP contribution in [0.2, 0.25) is 0 Å². The van der Waals surface area contributed by atoms with Gasteiger partial charge in [-0.3, -0.25) is 0 Å². The molecule has 1 aromatic rings. The minimum absolute atomic E-state index is 0.143. The van der Waals surface area contributed by atoms with E-state index in [9.17, 15) is 17.2 Å². The SMILES string of the molecule is CC1CC(C#N)(S(=O)(=O)c2ccc(F)c(F)c2)C1. The Kier molecular flexibility index (Phi) is 2.90. The molecule has 1 saturated carbocycles. The van der Waals surface area contributed by atoms with Crippen molar-refractivity contribution in [2.24, 2.45) is 5.92 Å².